The zero-order valence-corrected chi connectivity index (χ0v) is 19.9. The number of imide groups is 1. The van der Waals surface area contributed by atoms with E-state index in [9.17, 15) is 9.59 Å². The smallest absolute Gasteiger partial charge is 0.329 e. The molecule has 5 nitrogen and oxygen atoms in total. The third-order valence-electron chi connectivity index (χ3n) is 6.23. The molecule has 0 unspecified atom stereocenters. The lowest BCUT2D eigenvalue weighted by atomic mass is 9.87. The Balaban J connectivity index is 1.68. The van der Waals surface area contributed by atoms with Crippen molar-refractivity contribution in [3.8, 4) is 0 Å². The fraction of sp³-hybridized carbons (Fsp3) is 0.308. The lowest BCUT2D eigenvalue weighted by Crippen LogP contribution is -2.44. The number of aryl methyl sites for hydroxylation is 1. The molecule has 2 aromatic rings. The van der Waals surface area contributed by atoms with Gasteiger partial charge in [-0.05, 0) is 81.2 Å². The second kappa shape index (κ2) is 8.14. The van der Waals surface area contributed by atoms with E-state index in [2.05, 4.69) is 56.1 Å². The predicted molar refractivity (Wildman–Crippen MR) is 130 cm³/mol. The van der Waals surface area contributed by atoms with Crippen LogP contribution in [0.2, 0.25) is 5.02 Å². The number of hydrogen-bond donors (Lipinski definition) is 1. The number of fused-ring (bicyclic) bond motifs is 1. The van der Waals surface area contributed by atoms with Crippen molar-refractivity contribution in [2.24, 2.45) is 0 Å². The molecular weight excluding hydrogens is 422 g/mol. The van der Waals surface area contributed by atoms with Gasteiger partial charge in [-0.25, -0.2) is 4.79 Å². The number of amides is 3. The highest BCUT2D eigenvalue weighted by molar-refractivity contribution is 6.31. The average molecular weight is 450 g/mol. The van der Waals surface area contributed by atoms with E-state index in [-0.39, 0.29) is 23.7 Å². The van der Waals surface area contributed by atoms with Crippen LogP contribution in [-0.4, -0.2) is 28.9 Å². The first-order valence-electron chi connectivity index (χ1n) is 10.8. The van der Waals surface area contributed by atoms with Crippen molar-refractivity contribution in [2.75, 3.05) is 11.4 Å². The van der Waals surface area contributed by atoms with Crippen molar-refractivity contribution in [1.82, 2.24) is 10.2 Å². The third kappa shape index (κ3) is 3.82. The minimum atomic E-state index is -0.438. The molecule has 3 amide bonds. The first-order chi connectivity index (χ1) is 15.1. The van der Waals surface area contributed by atoms with E-state index in [1.165, 1.54) is 16.2 Å². The quantitative estimate of drug-likeness (QED) is 0.476. The number of carbonyl (C=O) groups is 2. The summed E-state index contributed by atoms with van der Waals surface area (Å²) >= 11 is 6.22. The largest absolute Gasteiger partial charge is 0.363 e. The molecule has 2 aliphatic heterocycles. The summed E-state index contributed by atoms with van der Waals surface area (Å²) < 4.78 is 0. The molecule has 0 saturated carbocycles. The standard InChI is InChI=1S/C26H28ClN3O2/c1-6-30-23-11-16(2)19(12-20(23)17(3)14-26(30,4)5)13-22-24(31)29(25(32)28-22)15-18-9-7-8-10-21(18)27/h7-14H,6,15H2,1-5H3,(H,28,32)/b22-13+. The van der Waals surface area contributed by atoms with Crippen LogP contribution in [0.1, 0.15) is 49.9 Å². The first-order valence-corrected chi connectivity index (χ1v) is 11.2. The van der Waals surface area contributed by atoms with E-state index in [0.717, 1.165) is 28.8 Å². The van der Waals surface area contributed by atoms with Gasteiger partial charge in [0.25, 0.3) is 5.91 Å². The van der Waals surface area contributed by atoms with Gasteiger partial charge in [0.15, 0.2) is 0 Å². The maximum absolute atomic E-state index is 13.0. The number of urea groups is 1. The van der Waals surface area contributed by atoms with Gasteiger partial charge in [0.1, 0.15) is 5.70 Å². The van der Waals surface area contributed by atoms with Crippen molar-refractivity contribution in [3.63, 3.8) is 0 Å². The van der Waals surface area contributed by atoms with Crippen LogP contribution in [0.5, 0.6) is 0 Å². The Morgan fingerprint density at radius 2 is 1.84 bits per heavy atom. The lowest BCUT2D eigenvalue weighted by molar-refractivity contribution is -0.123. The number of likely N-dealkylation sites (N-methyl/N-ethyl adjacent to an activating group) is 1. The van der Waals surface area contributed by atoms with Crippen molar-refractivity contribution in [3.05, 3.63) is 75.4 Å². The summed E-state index contributed by atoms with van der Waals surface area (Å²) in [6, 6.07) is 11.1. The molecule has 1 saturated heterocycles. The number of benzene rings is 2. The van der Waals surface area contributed by atoms with E-state index in [0.29, 0.717) is 5.02 Å². The Morgan fingerprint density at radius 1 is 1.12 bits per heavy atom. The number of rotatable bonds is 4. The molecule has 166 valence electrons. The normalized spacial score (nSPS) is 18.7. The zero-order valence-electron chi connectivity index (χ0n) is 19.1. The number of allylic oxidation sites excluding steroid dienone is 1. The Labute approximate surface area is 194 Å². The van der Waals surface area contributed by atoms with E-state index in [1.54, 1.807) is 12.1 Å². The number of nitrogens with one attached hydrogen (secondary N) is 1. The van der Waals surface area contributed by atoms with E-state index in [4.69, 9.17) is 11.6 Å². The fourth-order valence-electron chi connectivity index (χ4n) is 4.65. The van der Waals surface area contributed by atoms with Gasteiger partial charge in [-0.15, -0.1) is 0 Å². The van der Waals surface area contributed by atoms with Crippen LogP contribution in [0.4, 0.5) is 10.5 Å². The molecule has 2 heterocycles. The van der Waals surface area contributed by atoms with Crippen molar-refractivity contribution < 1.29 is 9.59 Å². The molecular formula is C26H28ClN3O2. The number of anilines is 1. The van der Waals surface area contributed by atoms with Gasteiger partial charge in [0.05, 0.1) is 12.1 Å². The van der Waals surface area contributed by atoms with Crippen LogP contribution >= 0.6 is 11.6 Å². The van der Waals surface area contributed by atoms with Gasteiger partial charge in [0, 0.05) is 22.8 Å². The van der Waals surface area contributed by atoms with Crippen molar-refractivity contribution >= 4 is 40.9 Å². The highest BCUT2D eigenvalue weighted by Crippen LogP contribution is 2.40. The molecule has 4 rings (SSSR count). The summed E-state index contributed by atoms with van der Waals surface area (Å²) in [5.41, 5.74) is 6.45. The molecule has 0 radical (unpaired) electrons. The lowest BCUT2D eigenvalue weighted by Gasteiger charge is -2.43. The Kier molecular flexibility index (Phi) is 5.63. The molecule has 0 spiro atoms. The zero-order chi connectivity index (χ0) is 23.2. The maximum atomic E-state index is 13.0. The Hall–Kier alpha value is -3.05. The van der Waals surface area contributed by atoms with E-state index in [1.807, 2.05) is 25.1 Å². The third-order valence-corrected chi connectivity index (χ3v) is 6.60. The number of halogens is 1. The van der Waals surface area contributed by atoms with Gasteiger partial charge in [0.2, 0.25) is 0 Å². The second-order valence-electron chi connectivity index (χ2n) is 8.92. The van der Waals surface area contributed by atoms with Crippen LogP contribution in [0.3, 0.4) is 0 Å². The summed E-state index contributed by atoms with van der Waals surface area (Å²) in [7, 11) is 0. The van der Waals surface area contributed by atoms with Gasteiger partial charge in [-0.1, -0.05) is 35.9 Å². The highest BCUT2D eigenvalue weighted by Gasteiger charge is 2.34. The summed E-state index contributed by atoms with van der Waals surface area (Å²) in [5, 5.41) is 3.25. The topological polar surface area (TPSA) is 52.7 Å². The molecule has 0 bridgehead atoms. The highest BCUT2D eigenvalue weighted by atomic mass is 35.5. The molecule has 6 heteroatoms. The van der Waals surface area contributed by atoms with E-state index < -0.39 is 6.03 Å². The van der Waals surface area contributed by atoms with Crippen LogP contribution in [0, 0.1) is 6.92 Å². The molecule has 2 aliphatic rings. The van der Waals surface area contributed by atoms with Crippen LogP contribution in [0.25, 0.3) is 11.6 Å². The number of nitrogens with zero attached hydrogens (tertiary/aromatic N) is 2. The maximum Gasteiger partial charge on any atom is 0.329 e. The van der Waals surface area contributed by atoms with Crippen LogP contribution < -0.4 is 10.2 Å². The van der Waals surface area contributed by atoms with Crippen molar-refractivity contribution in [1.29, 1.82) is 0 Å². The minimum absolute atomic E-state index is 0.0626. The Morgan fingerprint density at radius 3 is 2.53 bits per heavy atom. The molecule has 1 fully saturated rings. The molecule has 32 heavy (non-hydrogen) atoms. The van der Waals surface area contributed by atoms with Crippen LogP contribution in [0.15, 0.2) is 48.2 Å². The molecule has 0 aliphatic carbocycles. The average Bonchev–Trinajstić information content (AvgIpc) is 2.98. The first kappa shape index (κ1) is 22.2. The molecule has 0 aromatic heterocycles. The summed E-state index contributed by atoms with van der Waals surface area (Å²) in [4.78, 5) is 29.1. The van der Waals surface area contributed by atoms with Gasteiger partial charge in [-0.2, -0.15) is 0 Å². The summed E-state index contributed by atoms with van der Waals surface area (Å²) in [6.07, 6.45) is 4.05. The monoisotopic (exact) mass is 449 g/mol. The Bertz CT molecular complexity index is 1180. The molecule has 2 aromatic carbocycles. The number of carbonyl (C=O) groups excluding carboxylic acids is 2. The summed E-state index contributed by atoms with van der Waals surface area (Å²) in [5.74, 6) is -0.351. The molecule has 1 N–H and O–H groups in total. The van der Waals surface area contributed by atoms with Crippen molar-refractivity contribution in [2.45, 2.75) is 46.7 Å². The van der Waals surface area contributed by atoms with Gasteiger partial charge < -0.3 is 10.2 Å². The van der Waals surface area contributed by atoms with Crippen LogP contribution in [-0.2, 0) is 11.3 Å². The second-order valence-corrected chi connectivity index (χ2v) is 9.33. The predicted octanol–water partition coefficient (Wildman–Crippen LogP) is 5.76. The molecule has 0 atom stereocenters. The summed E-state index contributed by atoms with van der Waals surface area (Å²) in [6.45, 7) is 11.8. The van der Waals surface area contributed by atoms with E-state index >= 15 is 0 Å². The number of hydrogen-bond acceptors (Lipinski definition) is 3. The minimum Gasteiger partial charge on any atom is -0.363 e. The van der Waals surface area contributed by atoms with Gasteiger partial charge >= 0.3 is 6.03 Å². The van der Waals surface area contributed by atoms with Gasteiger partial charge in [-0.3, -0.25) is 9.69 Å². The fourth-order valence-corrected chi connectivity index (χ4v) is 4.84. The SMILES string of the molecule is CCN1c2cc(C)c(/C=C3/NC(=O)N(Cc4ccccc4Cl)C3=O)cc2C(C)=CC1(C)C.